The fraction of sp³-hybridized carbons (Fsp3) is 0.167. The molecule has 2 aromatic carbocycles. The van der Waals surface area contributed by atoms with Crippen LogP contribution in [-0.2, 0) is 13.2 Å². The summed E-state index contributed by atoms with van der Waals surface area (Å²) in [6, 6.07) is 11.5. The van der Waals surface area contributed by atoms with Crippen molar-refractivity contribution in [2.45, 2.75) is 27.0 Å². The lowest BCUT2D eigenvalue weighted by atomic mass is 10.2. The highest BCUT2D eigenvalue weighted by Crippen LogP contribution is 2.36. The van der Waals surface area contributed by atoms with Crippen LogP contribution in [0.4, 0.5) is 5.69 Å². The van der Waals surface area contributed by atoms with Gasteiger partial charge in [0, 0.05) is 15.1 Å². The second kappa shape index (κ2) is 10.7. The Kier molecular flexibility index (Phi) is 7.89. The molecule has 4 rings (SSSR count). The van der Waals surface area contributed by atoms with Crippen molar-refractivity contribution in [1.82, 2.24) is 9.78 Å². The average molecular weight is 574 g/mol. The fourth-order valence-electron chi connectivity index (χ4n) is 3.41. The first kappa shape index (κ1) is 25.7. The van der Waals surface area contributed by atoms with Crippen LogP contribution in [0.25, 0.3) is 0 Å². The molecule has 0 bridgehead atoms. The number of carbonyl (C=O) groups excluding carboxylic acids is 1. The number of nitrogens with one attached hydrogen (secondary N) is 1. The number of furan rings is 1. The molecule has 182 valence electrons. The van der Waals surface area contributed by atoms with Crippen LogP contribution in [0.5, 0.6) is 5.75 Å². The molecule has 0 spiro atoms. The van der Waals surface area contributed by atoms with Crippen molar-refractivity contribution < 1.29 is 13.9 Å². The van der Waals surface area contributed by atoms with Gasteiger partial charge in [-0.25, -0.2) is 0 Å². The average Bonchev–Trinajstić information content (AvgIpc) is 3.35. The van der Waals surface area contributed by atoms with Crippen molar-refractivity contribution in [3.05, 3.63) is 96.0 Å². The Bertz CT molecular complexity index is 1390. The van der Waals surface area contributed by atoms with Crippen molar-refractivity contribution in [2.75, 3.05) is 5.32 Å². The molecule has 11 heteroatoms. The van der Waals surface area contributed by atoms with Crippen molar-refractivity contribution in [3.63, 3.8) is 0 Å². The summed E-state index contributed by atoms with van der Waals surface area (Å²) in [5.41, 5.74) is 2.87. The number of hydrogen-bond donors (Lipinski definition) is 1. The Hall–Kier alpha value is -2.35. The van der Waals surface area contributed by atoms with E-state index in [0.717, 1.165) is 11.3 Å². The Morgan fingerprint density at radius 1 is 0.971 bits per heavy atom. The zero-order chi connectivity index (χ0) is 25.3. The highest BCUT2D eigenvalue weighted by Gasteiger charge is 2.19. The van der Waals surface area contributed by atoms with Crippen LogP contribution in [0, 0.1) is 13.8 Å². The van der Waals surface area contributed by atoms with Gasteiger partial charge >= 0.3 is 0 Å². The summed E-state index contributed by atoms with van der Waals surface area (Å²) in [6.07, 6.45) is 0. The van der Waals surface area contributed by atoms with E-state index in [1.54, 1.807) is 28.9 Å². The van der Waals surface area contributed by atoms with Crippen LogP contribution >= 0.6 is 58.0 Å². The van der Waals surface area contributed by atoms with E-state index >= 15 is 0 Å². The molecule has 0 aliphatic heterocycles. The van der Waals surface area contributed by atoms with Gasteiger partial charge in [0.25, 0.3) is 5.91 Å². The van der Waals surface area contributed by atoms with E-state index in [1.165, 1.54) is 12.1 Å². The number of benzene rings is 2. The van der Waals surface area contributed by atoms with E-state index in [-0.39, 0.29) is 28.2 Å². The smallest absolute Gasteiger partial charge is 0.291 e. The van der Waals surface area contributed by atoms with Gasteiger partial charge in [0.1, 0.15) is 12.4 Å². The first-order valence-corrected chi connectivity index (χ1v) is 12.2. The number of ether oxygens (including phenoxy) is 1. The molecular weight excluding hydrogens is 556 g/mol. The molecule has 0 saturated carbocycles. The molecule has 6 nitrogen and oxygen atoms in total. The van der Waals surface area contributed by atoms with Crippen LogP contribution in [0.1, 0.15) is 33.3 Å². The van der Waals surface area contributed by atoms with Gasteiger partial charge < -0.3 is 14.5 Å². The van der Waals surface area contributed by atoms with E-state index in [9.17, 15) is 4.79 Å². The lowest BCUT2D eigenvalue weighted by Crippen LogP contribution is -2.12. The number of aryl methyl sites for hydroxylation is 1. The van der Waals surface area contributed by atoms with Gasteiger partial charge in [-0.15, -0.1) is 0 Å². The zero-order valence-corrected chi connectivity index (χ0v) is 22.2. The number of aromatic nitrogens is 2. The molecule has 0 aliphatic carbocycles. The third kappa shape index (κ3) is 5.90. The quantitative estimate of drug-likeness (QED) is 0.242. The molecule has 0 radical (unpaired) electrons. The molecule has 0 unspecified atom stereocenters. The van der Waals surface area contributed by atoms with Gasteiger partial charge in [0.2, 0.25) is 0 Å². The normalized spacial score (nSPS) is 11.1. The number of anilines is 1. The van der Waals surface area contributed by atoms with Crippen molar-refractivity contribution in [1.29, 1.82) is 0 Å². The predicted octanol–water partition coefficient (Wildman–Crippen LogP) is 8.24. The fourth-order valence-corrected chi connectivity index (χ4v) is 4.80. The number of amides is 1. The van der Waals surface area contributed by atoms with Crippen LogP contribution in [0.2, 0.25) is 25.1 Å². The maximum atomic E-state index is 12.8. The summed E-state index contributed by atoms with van der Waals surface area (Å²) < 4.78 is 13.1. The molecule has 2 aromatic heterocycles. The minimum Gasteiger partial charge on any atom is -0.483 e. The summed E-state index contributed by atoms with van der Waals surface area (Å²) in [5.74, 6) is 0.386. The number of rotatable bonds is 7. The van der Waals surface area contributed by atoms with Crippen molar-refractivity contribution >= 4 is 69.6 Å². The number of carbonyl (C=O) groups is 1. The molecule has 0 atom stereocenters. The van der Waals surface area contributed by atoms with E-state index in [4.69, 9.17) is 67.2 Å². The third-order valence-electron chi connectivity index (χ3n) is 5.16. The van der Waals surface area contributed by atoms with E-state index in [2.05, 4.69) is 10.4 Å². The van der Waals surface area contributed by atoms with Gasteiger partial charge in [0.15, 0.2) is 11.5 Å². The second-order valence-electron chi connectivity index (χ2n) is 7.65. The minimum atomic E-state index is -0.422. The molecule has 0 saturated heterocycles. The lowest BCUT2D eigenvalue weighted by Gasteiger charge is -2.09. The molecule has 1 amide bonds. The van der Waals surface area contributed by atoms with Gasteiger partial charge in [-0.1, -0.05) is 64.1 Å². The van der Waals surface area contributed by atoms with E-state index < -0.39 is 5.91 Å². The van der Waals surface area contributed by atoms with Crippen LogP contribution in [0.3, 0.4) is 0 Å². The molecule has 0 fully saturated rings. The van der Waals surface area contributed by atoms with Gasteiger partial charge in [-0.3, -0.25) is 9.48 Å². The summed E-state index contributed by atoms with van der Waals surface area (Å²) >= 11 is 30.5. The molecule has 0 aliphatic rings. The number of halogens is 5. The molecule has 4 aromatic rings. The maximum Gasteiger partial charge on any atom is 0.291 e. The van der Waals surface area contributed by atoms with Gasteiger partial charge in [0.05, 0.1) is 33.7 Å². The van der Waals surface area contributed by atoms with E-state index in [0.29, 0.717) is 38.8 Å². The van der Waals surface area contributed by atoms with Crippen LogP contribution in [-0.4, -0.2) is 15.7 Å². The summed E-state index contributed by atoms with van der Waals surface area (Å²) in [5, 5.41) is 9.45. The summed E-state index contributed by atoms with van der Waals surface area (Å²) in [4.78, 5) is 12.8. The maximum absolute atomic E-state index is 12.8. The minimum absolute atomic E-state index is 0.0200. The monoisotopic (exact) mass is 571 g/mol. The standard InChI is InChI=1S/C24H18Cl5N3O3/c1-12-22(13(2)32(31-12)10-14-3-4-15(25)7-18(14)27)30-24(33)21-6-5-17(35-21)11-34-23-19(28)8-16(26)9-20(23)29/h3-9H,10-11H2,1-2H3,(H,30,33). The summed E-state index contributed by atoms with van der Waals surface area (Å²) in [6.45, 7) is 4.12. The molecule has 35 heavy (non-hydrogen) atoms. The third-order valence-corrected chi connectivity index (χ3v) is 6.53. The first-order chi connectivity index (χ1) is 16.6. The largest absolute Gasteiger partial charge is 0.483 e. The predicted molar refractivity (Wildman–Crippen MR) is 140 cm³/mol. The zero-order valence-electron chi connectivity index (χ0n) is 18.5. The Balaban J connectivity index is 1.44. The first-order valence-electron chi connectivity index (χ1n) is 10.3. The Morgan fingerprint density at radius 2 is 1.66 bits per heavy atom. The molecule has 2 heterocycles. The van der Waals surface area contributed by atoms with Crippen LogP contribution < -0.4 is 10.1 Å². The number of hydrogen-bond acceptors (Lipinski definition) is 4. The van der Waals surface area contributed by atoms with Gasteiger partial charge in [-0.05, 0) is 55.8 Å². The van der Waals surface area contributed by atoms with E-state index in [1.807, 2.05) is 19.9 Å². The second-order valence-corrected chi connectivity index (χ2v) is 9.74. The number of nitrogens with zero attached hydrogens (tertiary/aromatic N) is 2. The molecular formula is C24H18Cl5N3O3. The SMILES string of the molecule is Cc1nn(Cc2ccc(Cl)cc2Cl)c(C)c1NC(=O)c1ccc(COc2c(Cl)cc(Cl)cc2Cl)o1. The van der Waals surface area contributed by atoms with Gasteiger partial charge in [-0.2, -0.15) is 5.10 Å². The molecule has 1 N–H and O–H groups in total. The lowest BCUT2D eigenvalue weighted by molar-refractivity contribution is 0.0992. The topological polar surface area (TPSA) is 69.3 Å². The highest BCUT2D eigenvalue weighted by molar-refractivity contribution is 6.40. The Morgan fingerprint density at radius 3 is 2.34 bits per heavy atom. The van der Waals surface area contributed by atoms with Crippen molar-refractivity contribution in [3.8, 4) is 5.75 Å². The Labute approximate surface area is 226 Å². The summed E-state index contributed by atoms with van der Waals surface area (Å²) in [7, 11) is 0. The van der Waals surface area contributed by atoms with Crippen LogP contribution in [0.15, 0.2) is 46.9 Å². The van der Waals surface area contributed by atoms with Crippen molar-refractivity contribution in [2.24, 2.45) is 0 Å². The highest BCUT2D eigenvalue weighted by atomic mass is 35.5.